The zero-order chi connectivity index (χ0) is 20.3. The number of nitro groups is 1. The molecule has 3 aromatic rings. The lowest BCUT2D eigenvalue weighted by Gasteiger charge is -2.02. The molecule has 28 heavy (non-hydrogen) atoms. The van der Waals surface area contributed by atoms with Crippen molar-refractivity contribution in [3.63, 3.8) is 0 Å². The van der Waals surface area contributed by atoms with Gasteiger partial charge in [0, 0.05) is 16.1 Å². The van der Waals surface area contributed by atoms with Gasteiger partial charge in [0.25, 0.3) is 11.6 Å². The zero-order valence-corrected chi connectivity index (χ0v) is 16.1. The minimum absolute atomic E-state index is 0.184. The van der Waals surface area contributed by atoms with E-state index < -0.39 is 10.8 Å². The van der Waals surface area contributed by atoms with Crippen LogP contribution in [-0.2, 0) is 0 Å². The van der Waals surface area contributed by atoms with Gasteiger partial charge in [-0.15, -0.1) is 0 Å². The number of hydrazone groups is 1. The highest BCUT2D eigenvalue weighted by Gasteiger charge is 2.18. The Bertz CT molecular complexity index is 1100. The van der Waals surface area contributed by atoms with E-state index in [1.165, 1.54) is 42.6 Å². The second-order valence-corrected chi connectivity index (χ2v) is 6.72. The van der Waals surface area contributed by atoms with Gasteiger partial charge in [-0.3, -0.25) is 14.9 Å². The summed E-state index contributed by atoms with van der Waals surface area (Å²) in [4.78, 5) is 22.7. The van der Waals surface area contributed by atoms with Gasteiger partial charge in [-0.2, -0.15) is 5.10 Å². The maximum absolute atomic E-state index is 12.1. The van der Waals surface area contributed by atoms with E-state index in [1.807, 2.05) is 0 Å². The number of benzene rings is 2. The summed E-state index contributed by atoms with van der Waals surface area (Å²) in [5.41, 5.74) is 2.60. The minimum atomic E-state index is -0.548. The molecule has 0 aliphatic rings. The third-order valence-corrected chi connectivity index (χ3v) is 4.37. The minimum Gasteiger partial charge on any atom is -0.455 e. The van der Waals surface area contributed by atoms with E-state index in [4.69, 9.17) is 39.2 Å². The molecule has 0 saturated carbocycles. The topological polar surface area (TPSA) is 97.7 Å². The summed E-state index contributed by atoms with van der Waals surface area (Å²) in [7, 11) is 0. The summed E-state index contributed by atoms with van der Waals surface area (Å²) in [6.45, 7) is 0. The first-order valence-corrected chi connectivity index (χ1v) is 8.81. The maximum atomic E-state index is 12.1. The Morgan fingerprint density at radius 2 is 1.79 bits per heavy atom. The fourth-order valence-corrected chi connectivity index (χ4v) is 2.98. The van der Waals surface area contributed by atoms with E-state index >= 15 is 0 Å². The summed E-state index contributed by atoms with van der Waals surface area (Å²) in [6, 6.07) is 11.8. The van der Waals surface area contributed by atoms with Gasteiger partial charge in [0.05, 0.1) is 27.3 Å². The van der Waals surface area contributed by atoms with Crippen LogP contribution in [-0.4, -0.2) is 17.0 Å². The fraction of sp³-hybridized carbons (Fsp3) is 0. The monoisotopic (exact) mass is 437 g/mol. The van der Waals surface area contributed by atoms with Crippen molar-refractivity contribution in [2.24, 2.45) is 5.10 Å². The molecule has 0 saturated heterocycles. The average Bonchev–Trinajstić information content (AvgIpc) is 3.10. The standard InChI is InChI=1S/C18H10Cl3N3O4/c19-10-1-4-13(15(21)7-10)18(25)23-22-9-12-3-6-17(28-12)14-5-2-11(20)8-16(14)24(26)27/h1-9H,(H,23,25)/b22-9-. The molecule has 1 N–H and O–H groups in total. The predicted octanol–water partition coefficient (Wildman–Crippen LogP) is 5.58. The molecule has 142 valence electrons. The number of carbonyl (C=O) groups excluding carboxylic acids is 1. The normalized spacial score (nSPS) is 11.0. The summed E-state index contributed by atoms with van der Waals surface area (Å²) in [5, 5.41) is 15.8. The van der Waals surface area contributed by atoms with E-state index in [0.29, 0.717) is 5.02 Å². The highest BCUT2D eigenvalue weighted by molar-refractivity contribution is 6.36. The van der Waals surface area contributed by atoms with Crippen LogP contribution in [0.2, 0.25) is 15.1 Å². The van der Waals surface area contributed by atoms with Crippen LogP contribution in [0.15, 0.2) is 58.0 Å². The van der Waals surface area contributed by atoms with E-state index in [0.717, 1.165) is 0 Å². The smallest absolute Gasteiger partial charge is 0.281 e. The van der Waals surface area contributed by atoms with Crippen LogP contribution in [0.1, 0.15) is 16.1 Å². The Morgan fingerprint density at radius 3 is 2.50 bits per heavy atom. The Morgan fingerprint density at radius 1 is 1.07 bits per heavy atom. The van der Waals surface area contributed by atoms with Crippen LogP contribution < -0.4 is 5.43 Å². The lowest BCUT2D eigenvalue weighted by atomic mass is 10.1. The Hall–Kier alpha value is -2.87. The summed E-state index contributed by atoms with van der Waals surface area (Å²) in [5.74, 6) is 0.0108. The van der Waals surface area contributed by atoms with Crippen LogP contribution in [0.5, 0.6) is 0 Å². The molecule has 0 unspecified atom stereocenters. The van der Waals surface area contributed by atoms with Crippen molar-refractivity contribution in [3.05, 3.63) is 85.0 Å². The van der Waals surface area contributed by atoms with Crippen molar-refractivity contribution in [3.8, 4) is 11.3 Å². The lowest BCUT2D eigenvalue weighted by molar-refractivity contribution is -0.384. The molecule has 0 atom stereocenters. The number of hydrogen-bond donors (Lipinski definition) is 1. The molecular formula is C18H10Cl3N3O4. The number of furan rings is 1. The number of amides is 1. The van der Waals surface area contributed by atoms with Crippen molar-refractivity contribution >= 4 is 52.6 Å². The van der Waals surface area contributed by atoms with Crippen molar-refractivity contribution in [2.75, 3.05) is 0 Å². The van der Waals surface area contributed by atoms with Crippen molar-refractivity contribution in [1.29, 1.82) is 0 Å². The van der Waals surface area contributed by atoms with E-state index in [1.54, 1.807) is 12.1 Å². The molecule has 1 amide bonds. The molecule has 2 aromatic carbocycles. The fourth-order valence-electron chi connectivity index (χ4n) is 2.32. The van der Waals surface area contributed by atoms with Crippen LogP contribution in [0.25, 0.3) is 11.3 Å². The molecule has 1 heterocycles. The third kappa shape index (κ3) is 4.51. The molecule has 0 fully saturated rings. The van der Waals surface area contributed by atoms with Gasteiger partial charge in [0.2, 0.25) is 0 Å². The quantitative estimate of drug-likeness (QED) is 0.319. The maximum Gasteiger partial charge on any atom is 0.281 e. The molecule has 10 heteroatoms. The third-order valence-electron chi connectivity index (χ3n) is 3.58. The lowest BCUT2D eigenvalue weighted by Crippen LogP contribution is -2.17. The van der Waals surface area contributed by atoms with Crippen LogP contribution in [0.4, 0.5) is 5.69 Å². The summed E-state index contributed by atoms with van der Waals surface area (Å²) in [6.07, 6.45) is 1.26. The predicted molar refractivity (Wildman–Crippen MR) is 107 cm³/mol. The number of nitro benzene ring substituents is 1. The van der Waals surface area contributed by atoms with Gasteiger partial charge >= 0.3 is 0 Å². The number of halogens is 3. The summed E-state index contributed by atoms with van der Waals surface area (Å²) < 4.78 is 5.54. The van der Waals surface area contributed by atoms with Gasteiger partial charge in [-0.05, 0) is 42.5 Å². The van der Waals surface area contributed by atoms with Gasteiger partial charge < -0.3 is 4.42 Å². The largest absolute Gasteiger partial charge is 0.455 e. The molecule has 0 spiro atoms. The molecule has 0 bridgehead atoms. The Balaban J connectivity index is 1.75. The van der Waals surface area contributed by atoms with Gasteiger partial charge in [-0.1, -0.05) is 34.8 Å². The number of nitrogens with one attached hydrogen (secondary N) is 1. The molecule has 1 aromatic heterocycles. The molecule has 0 aliphatic carbocycles. The molecule has 3 rings (SSSR count). The van der Waals surface area contributed by atoms with Gasteiger partial charge in [0.15, 0.2) is 0 Å². The Labute approximate surface area is 173 Å². The van der Waals surface area contributed by atoms with Crippen molar-refractivity contribution < 1.29 is 14.1 Å². The van der Waals surface area contributed by atoms with Crippen LogP contribution in [0, 0.1) is 10.1 Å². The first kappa shape index (κ1) is 19.9. The Kier molecular flexibility index (Phi) is 5.99. The molecule has 7 nitrogen and oxygen atoms in total. The first-order valence-electron chi connectivity index (χ1n) is 7.68. The number of carbonyl (C=O) groups is 1. The zero-order valence-electron chi connectivity index (χ0n) is 13.9. The molecule has 0 aliphatic heterocycles. The van der Waals surface area contributed by atoms with Crippen molar-refractivity contribution in [1.82, 2.24) is 5.43 Å². The highest BCUT2D eigenvalue weighted by Crippen LogP contribution is 2.33. The second kappa shape index (κ2) is 8.43. The van der Waals surface area contributed by atoms with E-state index in [-0.39, 0.29) is 38.4 Å². The van der Waals surface area contributed by atoms with E-state index in [9.17, 15) is 14.9 Å². The van der Waals surface area contributed by atoms with Gasteiger partial charge in [0.1, 0.15) is 11.5 Å². The molecular weight excluding hydrogens is 429 g/mol. The van der Waals surface area contributed by atoms with Gasteiger partial charge in [-0.25, -0.2) is 5.43 Å². The SMILES string of the molecule is O=C(N/N=C\c1ccc(-c2ccc(Cl)cc2[N+](=O)[O-])o1)c1ccc(Cl)cc1Cl. The van der Waals surface area contributed by atoms with Crippen LogP contribution in [0.3, 0.4) is 0 Å². The highest BCUT2D eigenvalue weighted by atomic mass is 35.5. The van der Waals surface area contributed by atoms with E-state index in [2.05, 4.69) is 10.5 Å². The average molecular weight is 439 g/mol. The number of rotatable bonds is 5. The number of hydrogen-bond acceptors (Lipinski definition) is 5. The van der Waals surface area contributed by atoms with Crippen molar-refractivity contribution in [2.45, 2.75) is 0 Å². The summed E-state index contributed by atoms with van der Waals surface area (Å²) >= 11 is 17.6. The number of nitrogens with zero attached hydrogens (tertiary/aromatic N) is 2. The second-order valence-electron chi connectivity index (χ2n) is 5.44. The first-order chi connectivity index (χ1) is 13.3. The molecule has 0 radical (unpaired) electrons. The van der Waals surface area contributed by atoms with Crippen LogP contribution >= 0.6 is 34.8 Å².